The van der Waals surface area contributed by atoms with Gasteiger partial charge in [-0.1, -0.05) is 18.2 Å². The molecule has 10 N–H and O–H groups in total. The lowest BCUT2D eigenvalue weighted by atomic mass is 9.85. The van der Waals surface area contributed by atoms with Crippen LogP contribution in [0.2, 0.25) is 0 Å². The van der Waals surface area contributed by atoms with Gasteiger partial charge >= 0.3 is 17.9 Å². The van der Waals surface area contributed by atoms with Crippen LogP contribution in [-0.4, -0.2) is 263 Å². The summed E-state index contributed by atoms with van der Waals surface area (Å²) in [4.78, 5) is 81.2. The number of nitrogens with zero attached hydrogens (tertiary/aromatic N) is 16. The lowest BCUT2D eigenvalue weighted by molar-refractivity contribution is -0.0898. The molecule has 0 aromatic carbocycles. The topological polar surface area (TPSA) is 476 Å². The molecule has 4 saturated carbocycles. The van der Waals surface area contributed by atoms with Crippen LogP contribution in [-0.2, 0) is 37.9 Å². The number of anilines is 4. The molecule has 17 rings (SSSR count). The van der Waals surface area contributed by atoms with Crippen LogP contribution >= 0.6 is 15.9 Å². The van der Waals surface area contributed by atoms with E-state index in [1.165, 1.54) is 26.0 Å². The molecule has 13 heterocycles. The molecule has 12 aromatic heterocycles. The van der Waals surface area contributed by atoms with Gasteiger partial charge in [-0.2, -0.15) is 0 Å². The van der Waals surface area contributed by atoms with Crippen LogP contribution in [0.25, 0.3) is 55.4 Å². The fourth-order valence-corrected chi connectivity index (χ4v) is 18.4. The number of aromatic nitrogens is 16. The summed E-state index contributed by atoms with van der Waals surface area (Å²) >= 11 is 3.61. The summed E-state index contributed by atoms with van der Waals surface area (Å²) in [5.74, 6) is 1.30. The number of pyridine rings is 4. The minimum atomic E-state index is -1.06. The van der Waals surface area contributed by atoms with E-state index in [4.69, 9.17) is 53.6 Å². The molecule has 139 heavy (non-hydrogen) atoms. The Labute approximate surface area is 816 Å². The van der Waals surface area contributed by atoms with E-state index in [2.05, 4.69) is 116 Å². The molecule has 1 saturated heterocycles. The zero-order chi connectivity index (χ0) is 99.5. The zero-order valence-electron chi connectivity index (χ0n) is 81.9. The maximum Gasteiger partial charge on any atom is 0.356 e. The van der Waals surface area contributed by atoms with Crippen LogP contribution in [0, 0.1) is 0 Å². The highest BCUT2D eigenvalue weighted by Crippen LogP contribution is 2.46. The fourth-order valence-electron chi connectivity index (χ4n) is 17.9. The number of fused-ring (bicyclic) bond motifs is 4. The Morgan fingerprint density at radius 3 is 0.957 bits per heavy atom. The number of ether oxygens (including phenoxy) is 8. The smallest absolute Gasteiger partial charge is 0.356 e. The Morgan fingerprint density at radius 2 is 0.676 bits per heavy atom. The number of rotatable bonds is 29. The monoisotopic (exact) mass is 1980 g/mol. The third-order valence-electron chi connectivity index (χ3n) is 26.0. The van der Waals surface area contributed by atoms with Crippen molar-refractivity contribution in [1.29, 1.82) is 0 Å². The number of carboxylic acids is 1. The average molecular weight is 1980 g/mol. The Balaban J connectivity index is 0.000000148. The molecule has 12 aromatic rings. The first-order valence-corrected chi connectivity index (χ1v) is 48.3. The van der Waals surface area contributed by atoms with Crippen molar-refractivity contribution in [3.63, 3.8) is 0 Å². The van der Waals surface area contributed by atoms with Crippen molar-refractivity contribution in [3.8, 4) is 33.4 Å². The number of amides is 1. The Kier molecular flexibility index (Phi) is 36.1. The number of carboxylic acid groups (broad SMARTS) is 1. The standard InChI is InChI=1S/C25H34N6O3.C23H29N5O4.C22H27N5O4.C16H23BrN4O2.C14H19NO4/c1-15(2)28-24(33)21-10-7-18(12-26-21)20-11-22(17-5-8-19(32)9-6-17)31-23(20)13-27-25(30-31)29-16(3)14-34-4;1-14(13-31-2)26-23-25-12-21-18(16-6-9-19(24-11-16)22(30)32-3)10-20(28(21)27-23)15-4-7-17(29)8-5-15;1-13(12-31-2)25-22-24-11-20-17(15-5-8-18(21(29)30)23-10-15)9-19(27(20)26-22)14-3-6-16(28)7-4-14;1-10(9-23-2)19-16-18-8-15-13(17)7-14(21(15)20-16)11-3-5-12(22)6-4-11;1-13(2)14(3,4)19-12(18-13)9-6-7-10(15-8-9)11(16)17-5/h7,10-13,15-17,19,32H,5-6,8-9,14H2,1-4H3,(H,28,33)(H,29,30);6,9-12,14-15,17,29H,4-5,7-8,13H2,1-3H3,(H,26,27);5,8-11,13-14,16,28H,3-4,6-7,12H2,1-2H3,(H,25,26)(H,29,30);7-8,10-12,22H,3-6,9H2,1-2H3,(H,19,20);6-8,12H,1-5H3/t16-,17?,19?;14-,15?,17?;13-,14?,16?;10-,11?,12?;/m0000./s1. The third-order valence-corrected chi connectivity index (χ3v) is 26.6. The average Bonchev–Trinajstić information content (AvgIpc) is 1.73. The van der Waals surface area contributed by atoms with Crippen molar-refractivity contribution in [2.75, 3.05) is 90.4 Å². The van der Waals surface area contributed by atoms with E-state index in [1.807, 2.05) is 112 Å². The summed E-state index contributed by atoms with van der Waals surface area (Å²) in [6.07, 6.45) is 26.2. The lowest BCUT2D eigenvalue weighted by Gasteiger charge is -2.30. The quantitative estimate of drug-likeness (QED) is 0.0195. The van der Waals surface area contributed by atoms with Gasteiger partial charge < -0.3 is 90.0 Å². The number of aliphatic hydroxyl groups excluding tert-OH is 4. The first-order chi connectivity index (χ1) is 66.6. The number of carbonyl (C=O) groups is 4. The van der Waals surface area contributed by atoms with Crippen molar-refractivity contribution < 1.29 is 82.6 Å². The third kappa shape index (κ3) is 26.5. The Morgan fingerprint density at radius 1 is 0.388 bits per heavy atom. The van der Waals surface area contributed by atoms with Gasteiger partial charge in [0.25, 0.3) is 5.91 Å². The van der Waals surface area contributed by atoms with Gasteiger partial charge in [-0.25, -0.2) is 67.3 Å². The van der Waals surface area contributed by atoms with Gasteiger partial charge in [0.1, 0.15) is 22.8 Å². The summed E-state index contributed by atoms with van der Waals surface area (Å²) in [5.41, 5.74) is 14.3. The fraction of sp³-hybridized carbons (Fsp3) is 0.520. The van der Waals surface area contributed by atoms with E-state index in [9.17, 15) is 39.6 Å². The maximum atomic E-state index is 12.3. The van der Waals surface area contributed by atoms with E-state index in [0.717, 1.165) is 185 Å². The molecule has 0 bridgehead atoms. The SMILES string of the molecule is COC(=O)c1ccc(C2OC(C)(C)C(C)(C)O2)cn1.COC[C@H](C)Nc1ncc2c(-c3ccc(C(=O)NC(C)C)nc3)cc(C3CCC(O)CC3)n2n1.COC[C@H](C)Nc1ncc2c(-c3ccc(C(=O)O)nc3)cc(C3CCC(O)CC3)n2n1.COC[C@H](C)Nc1ncc2c(-c3ccc(C(=O)OC)nc3)cc(C3CCC(O)CC3)n2n1.COC[C@H](C)Nc1ncc2c(Br)cc(C3CCC(O)CC3)n2n1. The molecule has 746 valence electrons. The largest absolute Gasteiger partial charge is 0.477 e. The molecule has 5 fully saturated rings. The van der Waals surface area contributed by atoms with Crippen molar-refractivity contribution in [2.24, 2.45) is 0 Å². The van der Waals surface area contributed by atoms with Gasteiger partial charge in [0, 0.05) is 173 Å². The first-order valence-electron chi connectivity index (χ1n) is 47.5. The minimum absolute atomic E-state index is 0.00335. The highest BCUT2D eigenvalue weighted by Gasteiger charge is 2.50. The molecular weight excluding hydrogens is 1850 g/mol. The molecule has 5 aliphatic rings. The number of hydrogen-bond donors (Lipinski definition) is 10. The van der Waals surface area contributed by atoms with E-state index < -0.39 is 35.4 Å². The van der Waals surface area contributed by atoms with Crippen molar-refractivity contribution in [3.05, 3.63) is 178 Å². The van der Waals surface area contributed by atoms with E-state index in [-0.39, 0.29) is 83.5 Å². The summed E-state index contributed by atoms with van der Waals surface area (Å²) in [6.45, 7) is 22.1. The summed E-state index contributed by atoms with van der Waals surface area (Å²) in [7, 11) is 9.33. The van der Waals surface area contributed by atoms with Gasteiger partial charge in [-0.3, -0.25) is 9.78 Å². The predicted octanol–water partition coefficient (Wildman–Crippen LogP) is 14.8. The molecular formula is C100H132BrN21O17. The molecule has 39 heteroatoms. The Hall–Kier alpha value is -11.8. The highest BCUT2D eigenvalue weighted by molar-refractivity contribution is 9.10. The number of aliphatic hydroxyl groups is 4. The van der Waals surface area contributed by atoms with Gasteiger partial charge in [0.15, 0.2) is 6.29 Å². The predicted molar refractivity (Wildman–Crippen MR) is 528 cm³/mol. The van der Waals surface area contributed by atoms with Crippen molar-refractivity contribution in [2.45, 2.75) is 268 Å². The van der Waals surface area contributed by atoms with Crippen LogP contribution in [0.15, 0.2) is 127 Å². The highest BCUT2D eigenvalue weighted by atomic mass is 79.9. The summed E-state index contributed by atoms with van der Waals surface area (Å²) in [6, 6.07) is 22.7. The normalized spacial score (nSPS) is 20.4. The number of hydrogen-bond acceptors (Lipinski definition) is 32. The second-order valence-corrected chi connectivity index (χ2v) is 38.5. The molecule has 0 radical (unpaired) electrons. The molecule has 1 aliphatic heterocycles. The second kappa shape index (κ2) is 47.9. The summed E-state index contributed by atoms with van der Waals surface area (Å²) in [5, 5.41) is 83.7. The molecule has 0 unspecified atom stereocenters. The van der Waals surface area contributed by atoms with Crippen molar-refractivity contribution in [1.82, 2.24) is 83.6 Å². The van der Waals surface area contributed by atoms with E-state index >= 15 is 0 Å². The van der Waals surface area contributed by atoms with Crippen LogP contribution in [0.1, 0.15) is 272 Å². The van der Waals surface area contributed by atoms with Crippen molar-refractivity contribution >= 4 is 85.6 Å². The number of aromatic carboxylic acids is 1. The molecule has 1 amide bonds. The van der Waals surface area contributed by atoms with Gasteiger partial charge in [-0.15, -0.1) is 20.4 Å². The van der Waals surface area contributed by atoms with Crippen LogP contribution in [0.3, 0.4) is 0 Å². The molecule has 4 atom stereocenters. The minimum Gasteiger partial charge on any atom is -0.477 e. The van der Waals surface area contributed by atoms with Gasteiger partial charge in [0.05, 0.1) is 123 Å². The zero-order valence-corrected chi connectivity index (χ0v) is 83.5. The Bertz CT molecular complexity index is 6050. The van der Waals surface area contributed by atoms with E-state index in [1.54, 1.807) is 96.0 Å². The second-order valence-electron chi connectivity index (χ2n) is 37.7. The summed E-state index contributed by atoms with van der Waals surface area (Å²) < 4.78 is 50.7. The van der Waals surface area contributed by atoms with Gasteiger partial charge in [0.2, 0.25) is 23.8 Å². The van der Waals surface area contributed by atoms with Gasteiger partial charge in [-0.05, 0) is 242 Å². The number of esters is 2. The van der Waals surface area contributed by atoms with E-state index in [0.29, 0.717) is 73.7 Å². The number of nitrogens with one attached hydrogen (secondary N) is 5. The lowest BCUT2D eigenvalue weighted by Crippen LogP contribution is -2.41. The van der Waals surface area contributed by atoms with Crippen LogP contribution in [0.4, 0.5) is 23.8 Å². The van der Waals surface area contributed by atoms with Crippen LogP contribution in [0.5, 0.6) is 0 Å². The number of carbonyl (C=O) groups excluding carboxylic acids is 3. The molecule has 4 aliphatic carbocycles. The number of halogens is 1. The maximum absolute atomic E-state index is 12.3. The molecule has 38 nitrogen and oxygen atoms in total. The number of methoxy groups -OCH3 is 6. The van der Waals surface area contributed by atoms with Crippen LogP contribution < -0.4 is 26.6 Å². The molecule has 0 spiro atoms. The first kappa shape index (κ1) is 105.